The van der Waals surface area contributed by atoms with E-state index >= 15 is 0 Å². The summed E-state index contributed by atoms with van der Waals surface area (Å²) in [5, 5.41) is 0. The summed E-state index contributed by atoms with van der Waals surface area (Å²) in [4.78, 5) is 12.1. The normalized spacial score (nSPS) is 21.2. The number of esters is 1. The van der Waals surface area contributed by atoms with Crippen LogP contribution in [0.1, 0.15) is 88.9 Å². The van der Waals surface area contributed by atoms with Gasteiger partial charge in [0.05, 0.1) is 5.92 Å². The van der Waals surface area contributed by atoms with E-state index < -0.39 is 0 Å². The van der Waals surface area contributed by atoms with Gasteiger partial charge in [-0.25, -0.2) is 0 Å². The Bertz CT molecular complexity index is 463. The number of carbonyl (C=O) groups excluding carboxylic acids is 1. The molecule has 1 aliphatic rings. The fraction of sp³-hybridized carbons (Fsp3) is 0.667. The topological polar surface area (TPSA) is 26.3 Å². The van der Waals surface area contributed by atoms with Gasteiger partial charge >= 0.3 is 5.97 Å². The third-order valence-electron chi connectivity index (χ3n) is 4.95. The number of hydrogen-bond acceptors (Lipinski definition) is 2. The van der Waals surface area contributed by atoms with Gasteiger partial charge in [-0.1, -0.05) is 70.2 Å². The molecule has 0 saturated carbocycles. The molecule has 0 amide bonds. The average molecular weight is 316 g/mol. The molecule has 2 nitrogen and oxygen atoms in total. The number of benzene rings is 1. The van der Waals surface area contributed by atoms with E-state index in [4.69, 9.17) is 4.74 Å². The molecule has 0 radical (unpaired) electrons. The van der Waals surface area contributed by atoms with E-state index in [0.717, 1.165) is 44.1 Å². The molecular weight excluding hydrogens is 284 g/mol. The molecule has 2 unspecified atom stereocenters. The minimum atomic E-state index is -0.0329. The SMILES string of the molecule is CCCCCCc1ccc(C2CCC(CCCC)C(=O)O2)cc1. The van der Waals surface area contributed by atoms with Gasteiger partial charge in [-0.3, -0.25) is 4.79 Å². The highest BCUT2D eigenvalue weighted by Crippen LogP contribution is 2.33. The van der Waals surface area contributed by atoms with E-state index in [2.05, 4.69) is 38.1 Å². The maximum atomic E-state index is 12.1. The molecule has 2 rings (SSSR count). The molecule has 1 aliphatic heterocycles. The lowest BCUT2D eigenvalue weighted by Gasteiger charge is -2.28. The van der Waals surface area contributed by atoms with Gasteiger partial charge in [-0.2, -0.15) is 0 Å². The number of aryl methyl sites for hydroxylation is 1. The Morgan fingerprint density at radius 3 is 2.35 bits per heavy atom. The van der Waals surface area contributed by atoms with Crippen molar-refractivity contribution in [3.8, 4) is 0 Å². The van der Waals surface area contributed by atoms with Crippen LogP contribution in [-0.2, 0) is 16.0 Å². The molecule has 1 fully saturated rings. The van der Waals surface area contributed by atoms with Crippen LogP contribution in [0.4, 0.5) is 0 Å². The van der Waals surface area contributed by atoms with Crippen LogP contribution < -0.4 is 0 Å². The lowest BCUT2D eigenvalue weighted by molar-refractivity contribution is -0.161. The zero-order chi connectivity index (χ0) is 16.5. The summed E-state index contributed by atoms with van der Waals surface area (Å²) in [5.41, 5.74) is 2.55. The molecule has 0 bridgehead atoms. The van der Waals surface area contributed by atoms with Crippen molar-refractivity contribution >= 4 is 5.97 Å². The predicted molar refractivity (Wildman–Crippen MR) is 95.4 cm³/mol. The molecule has 1 saturated heterocycles. The predicted octanol–water partition coefficient (Wildman–Crippen LogP) is 5.99. The molecule has 0 aromatic heterocycles. The molecule has 0 N–H and O–H groups in total. The van der Waals surface area contributed by atoms with Gasteiger partial charge < -0.3 is 4.74 Å². The Morgan fingerprint density at radius 1 is 0.957 bits per heavy atom. The molecule has 1 aromatic rings. The fourth-order valence-electron chi connectivity index (χ4n) is 3.37. The Kier molecular flexibility index (Phi) is 7.64. The molecule has 1 aromatic carbocycles. The monoisotopic (exact) mass is 316 g/mol. The van der Waals surface area contributed by atoms with E-state index in [-0.39, 0.29) is 18.0 Å². The molecule has 2 heteroatoms. The van der Waals surface area contributed by atoms with Crippen molar-refractivity contribution in [2.45, 2.75) is 84.2 Å². The zero-order valence-corrected chi connectivity index (χ0v) is 14.9. The van der Waals surface area contributed by atoms with E-state index in [9.17, 15) is 4.79 Å². The van der Waals surface area contributed by atoms with E-state index in [1.165, 1.54) is 31.2 Å². The first-order chi connectivity index (χ1) is 11.2. The molecule has 128 valence electrons. The Balaban J connectivity index is 1.82. The number of ether oxygens (including phenoxy) is 1. The second-order valence-corrected chi connectivity index (χ2v) is 6.89. The largest absolute Gasteiger partial charge is 0.457 e. The number of cyclic esters (lactones) is 1. The van der Waals surface area contributed by atoms with Crippen molar-refractivity contribution in [2.24, 2.45) is 5.92 Å². The summed E-state index contributed by atoms with van der Waals surface area (Å²) in [6, 6.07) is 8.72. The second-order valence-electron chi connectivity index (χ2n) is 6.89. The minimum Gasteiger partial charge on any atom is -0.457 e. The molecule has 23 heavy (non-hydrogen) atoms. The Labute approximate surface area is 141 Å². The van der Waals surface area contributed by atoms with Crippen LogP contribution in [0.2, 0.25) is 0 Å². The standard InChI is InChI=1S/C21H32O2/c1-3-5-7-8-9-17-11-13-18(14-12-17)20-16-15-19(10-6-4-2)21(22)23-20/h11-14,19-20H,3-10,15-16H2,1-2H3. The molecular formula is C21H32O2. The Morgan fingerprint density at radius 2 is 1.70 bits per heavy atom. The van der Waals surface area contributed by atoms with Crippen molar-refractivity contribution in [3.63, 3.8) is 0 Å². The summed E-state index contributed by atoms with van der Waals surface area (Å²) >= 11 is 0. The fourth-order valence-corrected chi connectivity index (χ4v) is 3.37. The number of unbranched alkanes of at least 4 members (excludes halogenated alkanes) is 4. The van der Waals surface area contributed by atoms with Crippen molar-refractivity contribution in [2.75, 3.05) is 0 Å². The van der Waals surface area contributed by atoms with E-state index in [1.54, 1.807) is 0 Å². The zero-order valence-electron chi connectivity index (χ0n) is 14.9. The van der Waals surface area contributed by atoms with Crippen LogP contribution in [0.15, 0.2) is 24.3 Å². The smallest absolute Gasteiger partial charge is 0.309 e. The van der Waals surface area contributed by atoms with Crippen molar-refractivity contribution in [1.29, 1.82) is 0 Å². The lowest BCUT2D eigenvalue weighted by Crippen LogP contribution is -2.26. The van der Waals surface area contributed by atoms with Crippen molar-refractivity contribution in [3.05, 3.63) is 35.4 Å². The van der Waals surface area contributed by atoms with Crippen LogP contribution >= 0.6 is 0 Å². The van der Waals surface area contributed by atoms with Gasteiger partial charge in [0.2, 0.25) is 0 Å². The van der Waals surface area contributed by atoms with Gasteiger partial charge in [0.1, 0.15) is 6.10 Å². The summed E-state index contributed by atoms with van der Waals surface area (Å²) < 4.78 is 5.70. The minimum absolute atomic E-state index is 0.0124. The van der Waals surface area contributed by atoms with Crippen LogP contribution in [0.3, 0.4) is 0 Å². The van der Waals surface area contributed by atoms with Crippen molar-refractivity contribution < 1.29 is 9.53 Å². The highest BCUT2D eigenvalue weighted by Gasteiger charge is 2.30. The lowest BCUT2D eigenvalue weighted by atomic mass is 9.90. The number of rotatable bonds is 9. The third kappa shape index (κ3) is 5.67. The summed E-state index contributed by atoms with van der Waals surface area (Å²) in [5.74, 6) is 0.141. The van der Waals surface area contributed by atoms with Crippen molar-refractivity contribution in [1.82, 2.24) is 0 Å². The van der Waals surface area contributed by atoms with Gasteiger partial charge in [-0.15, -0.1) is 0 Å². The Hall–Kier alpha value is -1.31. The maximum Gasteiger partial charge on any atom is 0.309 e. The summed E-state index contributed by atoms with van der Waals surface area (Å²) in [6.07, 6.45) is 11.5. The van der Waals surface area contributed by atoms with E-state index in [0.29, 0.717) is 0 Å². The van der Waals surface area contributed by atoms with E-state index in [1.807, 2.05) is 0 Å². The average Bonchev–Trinajstić information content (AvgIpc) is 2.58. The first-order valence-electron chi connectivity index (χ1n) is 9.54. The molecule has 2 atom stereocenters. The van der Waals surface area contributed by atoms with Crippen LogP contribution in [0.25, 0.3) is 0 Å². The molecule has 0 spiro atoms. The van der Waals surface area contributed by atoms with Gasteiger partial charge in [0.15, 0.2) is 0 Å². The first-order valence-corrected chi connectivity index (χ1v) is 9.54. The first kappa shape index (κ1) is 18.0. The molecule has 0 aliphatic carbocycles. The maximum absolute atomic E-state index is 12.1. The van der Waals surface area contributed by atoms with Crippen LogP contribution in [-0.4, -0.2) is 5.97 Å². The third-order valence-corrected chi connectivity index (χ3v) is 4.95. The molecule has 1 heterocycles. The highest BCUT2D eigenvalue weighted by molar-refractivity contribution is 5.73. The quantitative estimate of drug-likeness (QED) is 0.413. The van der Waals surface area contributed by atoms with Crippen LogP contribution in [0.5, 0.6) is 0 Å². The number of carbonyl (C=O) groups is 1. The van der Waals surface area contributed by atoms with Gasteiger partial charge in [0, 0.05) is 0 Å². The highest BCUT2D eigenvalue weighted by atomic mass is 16.5. The summed E-state index contributed by atoms with van der Waals surface area (Å²) in [6.45, 7) is 4.41. The van der Waals surface area contributed by atoms with Crippen LogP contribution in [0, 0.1) is 5.92 Å². The number of hydrogen-bond donors (Lipinski definition) is 0. The second kappa shape index (κ2) is 9.75. The summed E-state index contributed by atoms with van der Waals surface area (Å²) in [7, 11) is 0. The van der Waals surface area contributed by atoms with Gasteiger partial charge in [0.25, 0.3) is 0 Å². The van der Waals surface area contributed by atoms with Gasteiger partial charge in [-0.05, 0) is 43.2 Å².